The van der Waals surface area contributed by atoms with Gasteiger partial charge in [-0.1, -0.05) is 0 Å². The second-order valence-electron chi connectivity index (χ2n) is 8.24. The van der Waals surface area contributed by atoms with E-state index in [0.29, 0.717) is 17.3 Å². The molecule has 1 saturated heterocycles. The van der Waals surface area contributed by atoms with Gasteiger partial charge in [-0.05, 0) is 57.3 Å². The van der Waals surface area contributed by atoms with Crippen LogP contribution in [0.15, 0.2) is 6.20 Å². The lowest BCUT2D eigenvalue weighted by molar-refractivity contribution is 0.0526. The van der Waals surface area contributed by atoms with E-state index in [2.05, 4.69) is 33.3 Å². The smallest absolute Gasteiger partial charge is 0.341 e. The average Bonchev–Trinajstić information content (AvgIpc) is 3.27. The van der Waals surface area contributed by atoms with Gasteiger partial charge in [0.1, 0.15) is 5.00 Å². The number of nitrogens with zero attached hydrogens (tertiary/aromatic N) is 4. The van der Waals surface area contributed by atoms with Crippen molar-refractivity contribution in [3.8, 4) is 0 Å². The first kappa shape index (κ1) is 22.2. The largest absolute Gasteiger partial charge is 0.462 e. The summed E-state index contributed by atoms with van der Waals surface area (Å²) in [5.74, 6) is -0.233. The van der Waals surface area contributed by atoms with Crippen LogP contribution in [0.1, 0.15) is 51.8 Å². The van der Waals surface area contributed by atoms with Crippen LogP contribution in [0.2, 0.25) is 0 Å². The molecule has 0 aromatic carbocycles. The Morgan fingerprint density at radius 2 is 2.00 bits per heavy atom. The SMILES string of the molecule is CCOC(=O)c1c(NC(=S)N2CCN(Cc3cn(C)nc3C)CC2)sc2c1CCCC2. The van der Waals surface area contributed by atoms with E-state index in [1.54, 1.807) is 11.3 Å². The van der Waals surface area contributed by atoms with Gasteiger partial charge in [0.15, 0.2) is 5.11 Å². The van der Waals surface area contributed by atoms with E-state index in [-0.39, 0.29) is 5.97 Å². The van der Waals surface area contributed by atoms with Crippen LogP contribution in [-0.4, -0.2) is 63.4 Å². The fraction of sp³-hybridized carbons (Fsp3) is 0.591. The van der Waals surface area contributed by atoms with Gasteiger partial charge in [-0.3, -0.25) is 9.58 Å². The lowest BCUT2D eigenvalue weighted by Crippen LogP contribution is -2.49. The van der Waals surface area contributed by atoms with Crippen LogP contribution in [0.5, 0.6) is 0 Å². The molecule has 9 heteroatoms. The summed E-state index contributed by atoms with van der Waals surface area (Å²) in [7, 11) is 1.96. The maximum Gasteiger partial charge on any atom is 0.341 e. The van der Waals surface area contributed by atoms with Crippen molar-refractivity contribution in [1.82, 2.24) is 19.6 Å². The molecule has 2 aromatic heterocycles. The van der Waals surface area contributed by atoms with Crippen molar-refractivity contribution in [3.63, 3.8) is 0 Å². The zero-order chi connectivity index (χ0) is 22.0. The highest BCUT2D eigenvalue weighted by Gasteiger charge is 2.28. The highest BCUT2D eigenvalue weighted by molar-refractivity contribution is 7.80. The molecule has 1 aliphatic carbocycles. The van der Waals surface area contributed by atoms with Crippen molar-refractivity contribution >= 4 is 39.6 Å². The lowest BCUT2D eigenvalue weighted by atomic mass is 9.95. The first-order valence-corrected chi connectivity index (χ1v) is 12.3. The minimum absolute atomic E-state index is 0.233. The number of rotatable bonds is 5. The molecule has 1 aliphatic heterocycles. The van der Waals surface area contributed by atoms with E-state index in [4.69, 9.17) is 17.0 Å². The van der Waals surface area contributed by atoms with Gasteiger partial charge in [-0.2, -0.15) is 5.10 Å². The predicted molar refractivity (Wildman–Crippen MR) is 128 cm³/mol. The van der Waals surface area contributed by atoms with Crippen molar-refractivity contribution < 1.29 is 9.53 Å². The third kappa shape index (κ3) is 4.94. The van der Waals surface area contributed by atoms with E-state index >= 15 is 0 Å². The molecule has 1 fully saturated rings. The van der Waals surface area contributed by atoms with Gasteiger partial charge in [0, 0.05) is 56.4 Å². The molecule has 2 aliphatic rings. The van der Waals surface area contributed by atoms with Crippen LogP contribution >= 0.6 is 23.6 Å². The summed E-state index contributed by atoms with van der Waals surface area (Å²) in [6.45, 7) is 8.83. The maximum atomic E-state index is 12.7. The second-order valence-corrected chi connectivity index (χ2v) is 9.73. The molecular formula is C22H31N5O2S2. The molecule has 3 heterocycles. The number of hydrogen-bond acceptors (Lipinski definition) is 6. The zero-order valence-corrected chi connectivity index (χ0v) is 20.2. The first-order valence-electron chi connectivity index (χ1n) is 11.0. The van der Waals surface area contributed by atoms with Gasteiger partial charge in [-0.15, -0.1) is 11.3 Å². The maximum absolute atomic E-state index is 12.7. The molecule has 7 nitrogen and oxygen atoms in total. The average molecular weight is 462 g/mol. The third-order valence-electron chi connectivity index (χ3n) is 6.04. The second kappa shape index (κ2) is 9.67. The van der Waals surface area contributed by atoms with Crippen molar-refractivity contribution in [2.45, 2.75) is 46.1 Å². The number of fused-ring (bicyclic) bond motifs is 1. The summed E-state index contributed by atoms with van der Waals surface area (Å²) in [5, 5.41) is 9.39. The summed E-state index contributed by atoms with van der Waals surface area (Å²) < 4.78 is 7.24. The monoisotopic (exact) mass is 461 g/mol. The molecule has 0 amide bonds. The van der Waals surface area contributed by atoms with Crippen molar-refractivity contribution in [2.75, 3.05) is 38.1 Å². The molecule has 168 valence electrons. The fourth-order valence-electron chi connectivity index (χ4n) is 4.40. The Labute approximate surface area is 193 Å². The topological polar surface area (TPSA) is 62.6 Å². The number of carbonyl (C=O) groups excluding carboxylic acids is 1. The van der Waals surface area contributed by atoms with Crippen LogP contribution in [0.4, 0.5) is 5.00 Å². The van der Waals surface area contributed by atoms with Crippen LogP contribution in [0.25, 0.3) is 0 Å². The van der Waals surface area contributed by atoms with Gasteiger partial charge in [0.2, 0.25) is 0 Å². The molecule has 0 unspecified atom stereocenters. The number of ether oxygens (including phenoxy) is 1. The van der Waals surface area contributed by atoms with Gasteiger partial charge < -0.3 is 15.0 Å². The van der Waals surface area contributed by atoms with Crippen molar-refractivity contribution in [3.05, 3.63) is 33.5 Å². The van der Waals surface area contributed by atoms with Crippen LogP contribution < -0.4 is 5.32 Å². The Morgan fingerprint density at radius 3 is 2.68 bits per heavy atom. The highest BCUT2D eigenvalue weighted by Crippen LogP contribution is 2.38. The first-order chi connectivity index (χ1) is 15.0. The summed E-state index contributed by atoms with van der Waals surface area (Å²) in [5.41, 5.74) is 4.24. The number of aryl methyl sites for hydroxylation is 3. The summed E-state index contributed by atoms with van der Waals surface area (Å²) in [6.07, 6.45) is 6.38. The Balaban J connectivity index is 1.39. The molecule has 2 aromatic rings. The minimum atomic E-state index is -0.233. The molecule has 0 spiro atoms. The van der Waals surface area contributed by atoms with Crippen molar-refractivity contribution in [1.29, 1.82) is 0 Å². The Hall–Kier alpha value is -1.97. The Bertz CT molecular complexity index is 960. The van der Waals surface area contributed by atoms with Crippen LogP contribution in [0, 0.1) is 6.92 Å². The number of aromatic nitrogens is 2. The van der Waals surface area contributed by atoms with Crippen molar-refractivity contribution in [2.24, 2.45) is 7.05 Å². The minimum Gasteiger partial charge on any atom is -0.462 e. The number of piperazine rings is 1. The number of thiocarbonyl (C=S) groups is 1. The summed E-state index contributed by atoms with van der Waals surface area (Å²) in [4.78, 5) is 18.6. The number of anilines is 1. The zero-order valence-electron chi connectivity index (χ0n) is 18.6. The van der Waals surface area contributed by atoms with E-state index in [9.17, 15) is 4.79 Å². The third-order valence-corrected chi connectivity index (χ3v) is 7.61. The van der Waals surface area contributed by atoms with Crippen LogP contribution in [-0.2, 0) is 31.2 Å². The summed E-state index contributed by atoms with van der Waals surface area (Å²) >= 11 is 7.41. The number of nitrogens with one attached hydrogen (secondary N) is 1. The molecule has 0 saturated carbocycles. The molecule has 4 rings (SSSR count). The Kier molecular flexibility index (Phi) is 6.93. The van der Waals surface area contributed by atoms with E-state index in [1.165, 1.54) is 16.9 Å². The summed E-state index contributed by atoms with van der Waals surface area (Å²) in [6, 6.07) is 0. The van der Waals surface area contributed by atoms with Gasteiger partial charge >= 0.3 is 5.97 Å². The molecule has 0 bridgehead atoms. The molecule has 1 N–H and O–H groups in total. The molecule has 31 heavy (non-hydrogen) atoms. The van der Waals surface area contributed by atoms with E-state index in [1.807, 2.05) is 18.7 Å². The quantitative estimate of drug-likeness (QED) is 0.541. The van der Waals surface area contributed by atoms with E-state index in [0.717, 1.165) is 68.2 Å². The molecule has 0 atom stereocenters. The normalized spacial score (nSPS) is 16.8. The van der Waals surface area contributed by atoms with Gasteiger partial charge in [0.05, 0.1) is 17.9 Å². The lowest BCUT2D eigenvalue weighted by Gasteiger charge is -2.36. The molecule has 0 radical (unpaired) electrons. The number of hydrogen-bond donors (Lipinski definition) is 1. The van der Waals surface area contributed by atoms with Gasteiger partial charge in [0.25, 0.3) is 0 Å². The fourth-order valence-corrected chi connectivity index (χ4v) is 6.03. The van der Waals surface area contributed by atoms with E-state index < -0.39 is 0 Å². The number of esters is 1. The number of thiophene rings is 1. The van der Waals surface area contributed by atoms with Gasteiger partial charge in [-0.25, -0.2) is 4.79 Å². The standard InChI is InChI=1S/C22H31N5O2S2/c1-4-29-21(28)19-17-7-5-6-8-18(17)31-20(19)23-22(30)27-11-9-26(10-12-27)14-16-13-25(3)24-15(16)2/h13H,4-12,14H2,1-3H3,(H,23,30). The van der Waals surface area contributed by atoms with Crippen LogP contribution in [0.3, 0.4) is 0 Å². The predicted octanol–water partition coefficient (Wildman–Crippen LogP) is 3.36. The highest BCUT2D eigenvalue weighted by atomic mass is 32.1. The molecular weight excluding hydrogens is 430 g/mol. The Morgan fingerprint density at radius 1 is 1.26 bits per heavy atom. The number of carbonyl (C=O) groups is 1.